The molecule has 7 nitrogen and oxygen atoms in total. The Bertz CT molecular complexity index is 1570. The smallest absolute Gasteiger partial charge is 0.330 e. The van der Waals surface area contributed by atoms with E-state index in [9.17, 15) is 18.3 Å². The summed E-state index contributed by atoms with van der Waals surface area (Å²) in [5, 5.41) is 9.83. The van der Waals surface area contributed by atoms with Gasteiger partial charge >= 0.3 is 10.2 Å². The van der Waals surface area contributed by atoms with Crippen molar-refractivity contribution >= 4 is 21.7 Å². The van der Waals surface area contributed by atoms with Gasteiger partial charge < -0.3 is 9.84 Å². The molecule has 0 saturated carbocycles. The summed E-state index contributed by atoms with van der Waals surface area (Å²) in [6, 6.07) is 33.8. The lowest BCUT2D eigenvalue weighted by atomic mass is 9.86. The second-order valence-corrected chi connectivity index (χ2v) is 10.9. The number of benzene rings is 4. The first kappa shape index (κ1) is 26.1. The molecule has 4 aromatic rings. The van der Waals surface area contributed by atoms with Crippen LogP contribution < -0.4 is 13.8 Å². The number of aliphatic hydroxyl groups excluding tert-OH is 1. The zero-order valence-corrected chi connectivity index (χ0v) is 21.9. The zero-order chi connectivity index (χ0) is 27.2. The predicted molar refractivity (Wildman–Crippen MR) is 151 cm³/mol. The molecule has 198 valence electrons. The molecule has 4 aromatic carbocycles. The SMILES string of the molecule is O=C(c1ccccc1)C(Cc1ccccc1)Cc1ccc(N2C=C(O)NS2(=O)=O)c(OCc2ccccc2)c1. The monoisotopic (exact) mass is 540 g/mol. The largest absolute Gasteiger partial charge is 0.493 e. The Balaban J connectivity index is 1.48. The molecular formula is C31H28N2O5S. The number of anilines is 1. The van der Waals surface area contributed by atoms with Gasteiger partial charge in [-0.25, -0.2) is 9.03 Å². The fourth-order valence-corrected chi connectivity index (χ4v) is 5.65. The fraction of sp³-hybridized carbons (Fsp3) is 0.129. The van der Waals surface area contributed by atoms with Gasteiger partial charge in [-0.1, -0.05) is 97.1 Å². The average Bonchev–Trinajstić information content (AvgIpc) is 3.24. The molecule has 1 atom stereocenters. The van der Waals surface area contributed by atoms with Crippen molar-refractivity contribution in [3.8, 4) is 5.75 Å². The molecule has 1 aliphatic heterocycles. The third-order valence-corrected chi connectivity index (χ3v) is 7.75. The van der Waals surface area contributed by atoms with Gasteiger partial charge in [0.2, 0.25) is 5.88 Å². The van der Waals surface area contributed by atoms with Crippen molar-refractivity contribution in [2.24, 2.45) is 5.92 Å². The molecule has 1 heterocycles. The number of rotatable bonds is 10. The quantitative estimate of drug-likeness (QED) is 0.257. The van der Waals surface area contributed by atoms with Gasteiger partial charge in [-0.2, -0.15) is 8.42 Å². The van der Waals surface area contributed by atoms with E-state index in [2.05, 4.69) is 4.72 Å². The molecule has 0 fully saturated rings. The van der Waals surface area contributed by atoms with E-state index in [1.165, 1.54) is 0 Å². The lowest BCUT2D eigenvalue weighted by Gasteiger charge is -2.21. The highest BCUT2D eigenvalue weighted by atomic mass is 32.2. The Morgan fingerprint density at radius 2 is 1.38 bits per heavy atom. The molecule has 1 aliphatic rings. The highest BCUT2D eigenvalue weighted by molar-refractivity contribution is 7.91. The summed E-state index contributed by atoms with van der Waals surface area (Å²) in [6.07, 6.45) is 2.07. The summed E-state index contributed by atoms with van der Waals surface area (Å²) in [5.41, 5.74) is 3.69. The lowest BCUT2D eigenvalue weighted by Crippen LogP contribution is -2.30. The summed E-state index contributed by atoms with van der Waals surface area (Å²) in [6.45, 7) is 0.213. The Labute approximate surface area is 228 Å². The van der Waals surface area contributed by atoms with Crippen molar-refractivity contribution in [2.45, 2.75) is 19.4 Å². The van der Waals surface area contributed by atoms with Gasteiger partial charge in [0, 0.05) is 11.5 Å². The van der Waals surface area contributed by atoms with Crippen molar-refractivity contribution in [1.29, 1.82) is 0 Å². The Hall–Kier alpha value is -4.56. The van der Waals surface area contributed by atoms with E-state index in [-0.39, 0.29) is 24.0 Å². The van der Waals surface area contributed by atoms with Crippen LogP contribution in [0.4, 0.5) is 5.69 Å². The molecule has 5 rings (SSSR count). The minimum atomic E-state index is -4.01. The summed E-state index contributed by atoms with van der Waals surface area (Å²) < 4.78 is 34.4. The van der Waals surface area contributed by atoms with Crippen molar-refractivity contribution in [1.82, 2.24) is 4.72 Å². The van der Waals surface area contributed by atoms with E-state index in [1.807, 2.05) is 91.0 Å². The van der Waals surface area contributed by atoms with Crippen LogP contribution in [0.15, 0.2) is 121 Å². The number of hydrogen-bond donors (Lipinski definition) is 2. The molecule has 0 aromatic heterocycles. The first-order valence-corrected chi connectivity index (χ1v) is 14.0. The van der Waals surface area contributed by atoms with E-state index in [0.29, 0.717) is 24.2 Å². The van der Waals surface area contributed by atoms with Crippen LogP contribution in [0.3, 0.4) is 0 Å². The van der Waals surface area contributed by atoms with Crippen LogP contribution in [-0.2, 0) is 29.7 Å². The standard InChI is InChI=1S/C31H28N2O5S/c34-30-21-33(39(36,37)32-30)28-17-16-25(20-29(28)38-22-24-12-6-2-7-13-24)19-27(18-23-10-4-1-5-11-23)31(35)26-14-8-3-9-15-26/h1-17,20-21,27,32,34H,18-19,22H2. The number of Topliss-reactive ketones (excluding diaryl/α,β-unsaturated/α-hetero) is 1. The van der Waals surface area contributed by atoms with E-state index in [1.54, 1.807) is 18.2 Å². The molecule has 0 bridgehead atoms. The zero-order valence-electron chi connectivity index (χ0n) is 21.1. The molecule has 2 N–H and O–H groups in total. The number of aliphatic hydroxyl groups is 1. The second kappa shape index (κ2) is 11.4. The minimum absolute atomic E-state index is 0.0365. The number of ether oxygens (including phenoxy) is 1. The van der Waals surface area contributed by atoms with Gasteiger partial charge in [0.25, 0.3) is 0 Å². The molecule has 0 aliphatic carbocycles. The average molecular weight is 541 g/mol. The van der Waals surface area contributed by atoms with E-state index in [0.717, 1.165) is 27.2 Å². The van der Waals surface area contributed by atoms with Gasteiger partial charge in [-0.05, 0) is 41.7 Å². The molecule has 0 radical (unpaired) electrons. The van der Waals surface area contributed by atoms with Crippen molar-refractivity contribution in [2.75, 3.05) is 4.31 Å². The first-order valence-electron chi connectivity index (χ1n) is 12.5. The molecule has 0 saturated heterocycles. The summed E-state index contributed by atoms with van der Waals surface area (Å²) >= 11 is 0. The maximum Gasteiger partial charge on any atom is 0.330 e. The highest BCUT2D eigenvalue weighted by Crippen LogP contribution is 2.35. The predicted octanol–water partition coefficient (Wildman–Crippen LogP) is 5.56. The number of hydrogen-bond acceptors (Lipinski definition) is 5. The molecule has 8 heteroatoms. The van der Waals surface area contributed by atoms with Gasteiger partial charge in [-0.3, -0.25) is 4.79 Å². The normalized spacial score (nSPS) is 14.8. The van der Waals surface area contributed by atoms with Gasteiger partial charge in [-0.15, -0.1) is 0 Å². The number of carbonyl (C=O) groups is 1. The minimum Gasteiger partial charge on any atom is -0.493 e. The van der Waals surface area contributed by atoms with Crippen LogP contribution in [0.1, 0.15) is 27.0 Å². The number of nitrogens with one attached hydrogen (secondary N) is 1. The molecule has 39 heavy (non-hydrogen) atoms. The van der Waals surface area contributed by atoms with Crippen molar-refractivity contribution < 1.29 is 23.1 Å². The number of carbonyl (C=O) groups excluding carboxylic acids is 1. The maximum absolute atomic E-state index is 13.6. The van der Waals surface area contributed by atoms with Crippen LogP contribution in [0.25, 0.3) is 0 Å². The van der Waals surface area contributed by atoms with Crippen molar-refractivity contribution in [3.05, 3.63) is 144 Å². The third-order valence-electron chi connectivity index (χ3n) is 6.47. The fourth-order valence-electron chi connectivity index (χ4n) is 4.58. The molecule has 0 amide bonds. The second-order valence-electron chi connectivity index (χ2n) is 9.31. The molecule has 0 spiro atoms. The Morgan fingerprint density at radius 3 is 2.00 bits per heavy atom. The third kappa shape index (κ3) is 6.30. The van der Waals surface area contributed by atoms with E-state index in [4.69, 9.17) is 4.74 Å². The highest BCUT2D eigenvalue weighted by Gasteiger charge is 2.31. The summed E-state index contributed by atoms with van der Waals surface area (Å²) in [5.74, 6) is -0.471. The number of ketones is 1. The lowest BCUT2D eigenvalue weighted by molar-refractivity contribution is 0.0918. The molecule has 1 unspecified atom stereocenters. The maximum atomic E-state index is 13.6. The van der Waals surface area contributed by atoms with Crippen LogP contribution >= 0.6 is 0 Å². The topological polar surface area (TPSA) is 95.9 Å². The summed E-state index contributed by atoms with van der Waals surface area (Å²) in [7, 11) is -4.01. The van der Waals surface area contributed by atoms with Crippen LogP contribution in [0, 0.1) is 5.92 Å². The Kier molecular flexibility index (Phi) is 7.65. The first-order chi connectivity index (χ1) is 18.9. The van der Waals surface area contributed by atoms with Crippen LogP contribution in [0.5, 0.6) is 5.75 Å². The van der Waals surface area contributed by atoms with Crippen molar-refractivity contribution in [3.63, 3.8) is 0 Å². The van der Waals surface area contributed by atoms with Gasteiger partial charge in [0.15, 0.2) is 5.78 Å². The van der Waals surface area contributed by atoms with Crippen LogP contribution in [-0.4, -0.2) is 19.3 Å². The van der Waals surface area contributed by atoms with Gasteiger partial charge in [0.1, 0.15) is 18.0 Å². The Morgan fingerprint density at radius 1 is 0.795 bits per heavy atom. The van der Waals surface area contributed by atoms with E-state index < -0.39 is 16.1 Å². The van der Waals surface area contributed by atoms with E-state index >= 15 is 0 Å². The number of nitrogens with zero attached hydrogens (tertiary/aromatic N) is 1. The van der Waals surface area contributed by atoms with Crippen LogP contribution in [0.2, 0.25) is 0 Å². The van der Waals surface area contributed by atoms with Gasteiger partial charge in [0.05, 0.1) is 6.20 Å². The molecular weight excluding hydrogens is 512 g/mol. The summed E-state index contributed by atoms with van der Waals surface area (Å²) in [4.78, 5) is 13.6.